The van der Waals surface area contributed by atoms with E-state index in [0.717, 1.165) is 18.8 Å². The molecule has 0 saturated heterocycles. The molecule has 0 aliphatic carbocycles. The van der Waals surface area contributed by atoms with Crippen LogP contribution in [0.3, 0.4) is 0 Å². The second kappa shape index (κ2) is 7.44. The molecule has 0 unspecified atom stereocenters. The molecule has 0 aliphatic rings. The van der Waals surface area contributed by atoms with E-state index in [4.69, 9.17) is 5.26 Å². The Hall–Kier alpha value is -1.83. The fourth-order valence-electron chi connectivity index (χ4n) is 1.50. The lowest BCUT2D eigenvalue weighted by Crippen LogP contribution is -2.20. The summed E-state index contributed by atoms with van der Waals surface area (Å²) in [5.41, 5.74) is 0. The summed E-state index contributed by atoms with van der Waals surface area (Å²) in [7, 11) is 2.02. The second-order valence-corrected chi connectivity index (χ2v) is 3.90. The number of nitrogens with zero attached hydrogens (tertiary/aromatic N) is 4. The van der Waals surface area contributed by atoms with E-state index in [-0.39, 0.29) is 6.54 Å². The average molecular weight is 233 g/mol. The molecule has 0 bridgehead atoms. The molecular formula is C12H19N5. The molecule has 0 fully saturated rings. The summed E-state index contributed by atoms with van der Waals surface area (Å²) >= 11 is 0. The van der Waals surface area contributed by atoms with Crippen LogP contribution >= 0.6 is 0 Å². The minimum atomic E-state index is 0.260. The molecule has 0 radical (unpaired) electrons. The van der Waals surface area contributed by atoms with Crippen molar-refractivity contribution in [1.29, 1.82) is 5.26 Å². The molecule has 17 heavy (non-hydrogen) atoms. The predicted octanol–water partition coefficient (Wildman–Crippen LogP) is 2.04. The molecule has 1 aromatic heterocycles. The van der Waals surface area contributed by atoms with Crippen molar-refractivity contribution in [3.05, 3.63) is 12.4 Å². The van der Waals surface area contributed by atoms with Crippen LogP contribution in [0.4, 0.5) is 11.6 Å². The van der Waals surface area contributed by atoms with Gasteiger partial charge < -0.3 is 10.2 Å². The number of rotatable bonds is 7. The molecule has 92 valence electrons. The summed E-state index contributed by atoms with van der Waals surface area (Å²) in [4.78, 5) is 10.4. The molecule has 0 aromatic carbocycles. The van der Waals surface area contributed by atoms with Gasteiger partial charge in [0.25, 0.3) is 0 Å². The highest BCUT2D eigenvalue weighted by Crippen LogP contribution is 2.13. The van der Waals surface area contributed by atoms with Crippen molar-refractivity contribution in [1.82, 2.24) is 9.97 Å². The van der Waals surface area contributed by atoms with Crippen molar-refractivity contribution in [3.63, 3.8) is 0 Å². The molecule has 1 heterocycles. The zero-order valence-corrected chi connectivity index (χ0v) is 10.5. The van der Waals surface area contributed by atoms with E-state index >= 15 is 0 Å². The zero-order valence-electron chi connectivity index (χ0n) is 10.5. The zero-order chi connectivity index (χ0) is 12.5. The maximum atomic E-state index is 8.48. The van der Waals surface area contributed by atoms with Gasteiger partial charge in [-0.2, -0.15) is 5.26 Å². The summed E-state index contributed by atoms with van der Waals surface area (Å²) in [5.74, 6) is 1.58. The van der Waals surface area contributed by atoms with Gasteiger partial charge >= 0.3 is 0 Å². The van der Waals surface area contributed by atoms with Gasteiger partial charge in [0.2, 0.25) is 0 Å². The van der Waals surface area contributed by atoms with Crippen LogP contribution in [0.2, 0.25) is 0 Å². The summed E-state index contributed by atoms with van der Waals surface area (Å²) in [5, 5.41) is 11.4. The molecule has 1 aromatic rings. The SMILES string of the molecule is CCCCCN(C)c1cc(NCC#N)ncn1. The maximum Gasteiger partial charge on any atom is 0.133 e. The third kappa shape index (κ3) is 4.68. The summed E-state index contributed by atoms with van der Waals surface area (Å²) in [6.07, 6.45) is 5.13. The Morgan fingerprint density at radius 1 is 1.41 bits per heavy atom. The first kappa shape index (κ1) is 13.2. The minimum absolute atomic E-state index is 0.260. The van der Waals surface area contributed by atoms with Gasteiger partial charge in [0.1, 0.15) is 24.5 Å². The highest BCUT2D eigenvalue weighted by atomic mass is 15.2. The Labute approximate surface area is 102 Å². The summed E-state index contributed by atoms with van der Waals surface area (Å²) < 4.78 is 0. The largest absolute Gasteiger partial charge is 0.360 e. The van der Waals surface area contributed by atoms with Crippen molar-refractivity contribution >= 4 is 11.6 Å². The van der Waals surface area contributed by atoms with Gasteiger partial charge in [0, 0.05) is 19.7 Å². The lowest BCUT2D eigenvalue weighted by Gasteiger charge is -2.18. The standard InChI is InChI=1S/C12H19N5/c1-3-4-5-8-17(2)12-9-11(14-7-6-13)15-10-16-12/h9-10H,3-5,7-8H2,1-2H3,(H,14,15,16). The van der Waals surface area contributed by atoms with Crippen molar-refractivity contribution in [2.75, 3.05) is 30.4 Å². The van der Waals surface area contributed by atoms with Crippen LogP contribution in [0, 0.1) is 11.3 Å². The number of nitriles is 1. The fourth-order valence-corrected chi connectivity index (χ4v) is 1.50. The molecule has 0 atom stereocenters. The highest BCUT2D eigenvalue weighted by Gasteiger charge is 2.03. The van der Waals surface area contributed by atoms with E-state index in [0.29, 0.717) is 5.82 Å². The van der Waals surface area contributed by atoms with Gasteiger partial charge in [-0.3, -0.25) is 0 Å². The maximum absolute atomic E-state index is 8.48. The van der Waals surface area contributed by atoms with E-state index in [2.05, 4.69) is 27.1 Å². The molecule has 5 nitrogen and oxygen atoms in total. The molecular weight excluding hydrogens is 214 g/mol. The number of unbranched alkanes of at least 4 members (excludes halogenated alkanes) is 2. The monoisotopic (exact) mass is 233 g/mol. The van der Waals surface area contributed by atoms with Gasteiger partial charge in [-0.1, -0.05) is 19.8 Å². The Morgan fingerprint density at radius 2 is 2.24 bits per heavy atom. The highest BCUT2D eigenvalue weighted by molar-refractivity contribution is 5.48. The average Bonchev–Trinajstić information content (AvgIpc) is 2.37. The molecule has 0 spiro atoms. The van der Waals surface area contributed by atoms with Gasteiger partial charge in [-0.15, -0.1) is 0 Å². The van der Waals surface area contributed by atoms with Crippen LogP contribution in [-0.2, 0) is 0 Å². The Bertz CT molecular complexity index is 371. The fraction of sp³-hybridized carbons (Fsp3) is 0.583. The quantitative estimate of drug-likeness (QED) is 0.576. The van der Waals surface area contributed by atoms with Crippen molar-refractivity contribution < 1.29 is 0 Å². The lowest BCUT2D eigenvalue weighted by atomic mass is 10.2. The molecule has 5 heteroatoms. The van der Waals surface area contributed by atoms with Gasteiger partial charge in [-0.05, 0) is 6.42 Å². The first-order valence-corrected chi connectivity index (χ1v) is 5.92. The lowest BCUT2D eigenvalue weighted by molar-refractivity contribution is 0.701. The van der Waals surface area contributed by atoms with Crippen LogP contribution in [0.1, 0.15) is 26.2 Å². The second-order valence-electron chi connectivity index (χ2n) is 3.90. The molecule has 0 amide bonds. The third-order valence-electron chi connectivity index (χ3n) is 2.49. The van der Waals surface area contributed by atoms with Crippen molar-refractivity contribution in [2.45, 2.75) is 26.2 Å². The minimum Gasteiger partial charge on any atom is -0.360 e. The molecule has 0 saturated carbocycles. The Morgan fingerprint density at radius 3 is 2.94 bits per heavy atom. The first-order chi connectivity index (χ1) is 8.27. The molecule has 1 rings (SSSR count). The number of hydrogen-bond donors (Lipinski definition) is 1. The van der Waals surface area contributed by atoms with Gasteiger partial charge in [-0.25, -0.2) is 9.97 Å². The van der Waals surface area contributed by atoms with Crippen LogP contribution in [0.15, 0.2) is 12.4 Å². The molecule has 0 aliphatic heterocycles. The van der Waals surface area contributed by atoms with E-state index in [9.17, 15) is 0 Å². The Balaban J connectivity index is 2.54. The van der Waals surface area contributed by atoms with E-state index < -0.39 is 0 Å². The van der Waals surface area contributed by atoms with Crippen molar-refractivity contribution in [2.24, 2.45) is 0 Å². The topological polar surface area (TPSA) is 64.8 Å². The summed E-state index contributed by atoms with van der Waals surface area (Å²) in [6.45, 7) is 3.44. The third-order valence-corrected chi connectivity index (χ3v) is 2.49. The number of hydrogen-bond acceptors (Lipinski definition) is 5. The Kier molecular flexibility index (Phi) is 5.80. The predicted molar refractivity (Wildman–Crippen MR) is 68.9 cm³/mol. The van der Waals surface area contributed by atoms with Crippen LogP contribution < -0.4 is 10.2 Å². The smallest absolute Gasteiger partial charge is 0.133 e. The number of aromatic nitrogens is 2. The first-order valence-electron chi connectivity index (χ1n) is 5.92. The number of anilines is 2. The van der Waals surface area contributed by atoms with Crippen LogP contribution in [0.5, 0.6) is 0 Å². The van der Waals surface area contributed by atoms with Crippen molar-refractivity contribution in [3.8, 4) is 6.07 Å². The van der Waals surface area contributed by atoms with Gasteiger partial charge in [0.15, 0.2) is 0 Å². The van der Waals surface area contributed by atoms with E-state index in [1.54, 1.807) is 0 Å². The van der Waals surface area contributed by atoms with Gasteiger partial charge in [0.05, 0.1) is 6.07 Å². The summed E-state index contributed by atoms with van der Waals surface area (Å²) in [6, 6.07) is 3.89. The van der Waals surface area contributed by atoms with Crippen LogP contribution in [-0.4, -0.2) is 30.1 Å². The normalized spacial score (nSPS) is 9.71. The van der Waals surface area contributed by atoms with Crippen LogP contribution in [0.25, 0.3) is 0 Å². The molecule has 1 N–H and O–H groups in total. The number of nitrogens with one attached hydrogen (secondary N) is 1. The van der Waals surface area contributed by atoms with E-state index in [1.807, 2.05) is 19.2 Å². The van der Waals surface area contributed by atoms with E-state index in [1.165, 1.54) is 19.2 Å².